The van der Waals surface area contributed by atoms with Crippen LogP contribution in [0.1, 0.15) is 18.0 Å². The summed E-state index contributed by atoms with van der Waals surface area (Å²) in [5, 5.41) is 41.6. The lowest BCUT2D eigenvalue weighted by Gasteiger charge is -2.19. The number of rotatable bonds is 2. The summed E-state index contributed by atoms with van der Waals surface area (Å²) in [6, 6.07) is 0. The van der Waals surface area contributed by atoms with Crippen molar-refractivity contribution in [1.29, 1.82) is 0 Å². The molecule has 1 aromatic heterocycles. The topological polar surface area (TPSA) is 132 Å². The molecule has 0 spiro atoms. The molecule has 0 saturated carbocycles. The van der Waals surface area contributed by atoms with Crippen LogP contribution in [-0.4, -0.2) is 67.8 Å². The fourth-order valence-electron chi connectivity index (χ4n) is 2.42. The predicted octanol–water partition coefficient (Wildman–Crippen LogP) is -2.02. The van der Waals surface area contributed by atoms with Crippen LogP contribution in [0.15, 0.2) is 11.3 Å². The summed E-state index contributed by atoms with van der Waals surface area (Å²) in [4.78, 5) is 8.03. The van der Waals surface area contributed by atoms with Crippen LogP contribution < -0.4 is 5.32 Å². The maximum absolute atomic E-state index is 10.0. The fourth-order valence-corrected chi connectivity index (χ4v) is 2.42. The van der Waals surface area contributed by atoms with E-state index in [9.17, 15) is 15.3 Å². The van der Waals surface area contributed by atoms with E-state index in [1.165, 1.54) is 17.2 Å². The molecule has 0 unspecified atom stereocenters. The average molecular weight is 284 g/mol. The molecule has 1 saturated heterocycles. The zero-order valence-electron chi connectivity index (χ0n) is 10.5. The molecule has 5 atom stereocenters. The van der Waals surface area contributed by atoms with Gasteiger partial charge in [-0.15, -0.1) is 0 Å². The average Bonchev–Trinajstić information content (AvgIpc) is 2.92. The molecule has 110 valence electrons. The molecular weight excluding hydrogens is 268 g/mol. The second kappa shape index (κ2) is 5.11. The Morgan fingerprint density at radius 3 is 2.85 bits per heavy atom. The van der Waals surface area contributed by atoms with Crippen LogP contribution in [0.2, 0.25) is 0 Å². The summed E-state index contributed by atoms with van der Waals surface area (Å²) in [5.41, 5.74) is 0.389. The summed E-state index contributed by atoms with van der Waals surface area (Å²) in [6.07, 6.45) is -2.18. The van der Waals surface area contributed by atoms with Gasteiger partial charge in [-0.2, -0.15) is 0 Å². The smallest absolute Gasteiger partial charge is 0.165 e. The second-order valence-electron chi connectivity index (χ2n) is 4.77. The molecule has 9 heteroatoms. The van der Waals surface area contributed by atoms with E-state index in [2.05, 4.69) is 15.3 Å². The number of aliphatic hydroxyl groups excluding tert-OH is 4. The van der Waals surface area contributed by atoms with Crippen LogP contribution in [-0.2, 0) is 4.74 Å². The van der Waals surface area contributed by atoms with Crippen molar-refractivity contribution < 1.29 is 25.2 Å². The van der Waals surface area contributed by atoms with Crippen molar-refractivity contribution >= 4 is 12.2 Å². The van der Waals surface area contributed by atoms with E-state index in [0.717, 1.165) is 0 Å². The van der Waals surface area contributed by atoms with Crippen molar-refractivity contribution in [1.82, 2.24) is 9.55 Å². The third kappa shape index (κ3) is 2.00. The highest BCUT2D eigenvalue weighted by molar-refractivity contribution is 5.76. The third-order valence-corrected chi connectivity index (χ3v) is 3.50. The lowest BCUT2D eigenvalue weighted by molar-refractivity contribution is -0.0518. The van der Waals surface area contributed by atoms with Gasteiger partial charge in [0.05, 0.1) is 25.8 Å². The molecule has 5 N–H and O–H groups in total. The Labute approximate surface area is 114 Å². The number of fused-ring (bicyclic) bond motifs is 1. The number of hydrogen-bond acceptors (Lipinski definition) is 8. The van der Waals surface area contributed by atoms with Gasteiger partial charge in [-0.3, -0.25) is 9.56 Å². The zero-order chi connectivity index (χ0) is 14.3. The number of anilines is 1. The molecule has 2 aliphatic rings. The first-order chi connectivity index (χ1) is 9.63. The number of imidazole rings is 1. The van der Waals surface area contributed by atoms with E-state index in [0.29, 0.717) is 11.5 Å². The van der Waals surface area contributed by atoms with E-state index in [4.69, 9.17) is 9.84 Å². The van der Waals surface area contributed by atoms with Gasteiger partial charge in [0, 0.05) is 0 Å². The number of hydrogen-bond donors (Lipinski definition) is 5. The summed E-state index contributed by atoms with van der Waals surface area (Å²) >= 11 is 0. The second-order valence-corrected chi connectivity index (χ2v) is 4.77. The summed E-state index contributed by atoms with van der Waals surface area (Å²) in [6.45, 7) is -0.212. The Morgan fingerprint density at radius 1 is 1.35 bits per heavy atom. The Balaban J connectivity index is 1.94. The Kier molecular flexibility index (Phi) is 3.44. The van der Waals surface area contributed by atoms with Crippen LogP contribution in [0, 0.1) is 0 Å². The molecule has 9 nitrogen and oxygen atoms in total. The molecule has 3 heterocycles. The third-order valence-electron chi connectivity index (χ3n) is 3.50. The van der Waals surface area contributed by atoms with Crippen LogP contribution in [0.5, 0.6) is 0 Å². The van der Waals surface area contributed by atoms with E-state index in [1.807, 2.05) is 0 Å². The quantitative estimate of drug-likeness (QED) is 0.423. The van der Waals surface area contributed by atoms with Crippen molar-refractivity contribution in [2.75, 3.05) is 18.5 Å². The first kappa shape index (κ1) is 13.5. The molecule has 20 heavy (non-hydrogen) atoms. The van der Waals surface area contributed by atoms with E-state index in [-0.39, 0.29) is 6.54 Å². The standard InChI is InChI=1S/C11H16N4O5/c16-2-6-8(18)9(19)11(20-6)15-4-14-7-5(17)1-12-3-13-10(7)15/h3-6,8-9,11,16-19H,1-2H2,(H,12,13)/t5-,6+,8+,9+,11+/m1/s1. The number of nitrogens with zero attached hydrogens (tertiary/aromatic N) is 3. The van der Waals surface area contributed by atoms with Crippen LogP contribution in [0.25, 0.3) is 0 Å². The first-order valence-corrected chi connectivity index (χ1v) is 6.25. The minimum Gasteiger partial charge on any atom is -0.394 e. The van der Waals surface area contributed by atoms with Crippen LogP contribution in [0.4, 0.5) is 5.82 Å². The number of aliphatic hydroxyl groups is 4. The minimum atomic E-state index is -1.20. The Bertz CT molecular complexity index is 519. The Hall–Kier alpha value is -1.52. The zero-order valence-corrected chi connectivity index (χ0v) is 10.5. The highest BCUT2D eigenvalue weighted by Crippen LogP contribution is 2.34. The van der Waals surface area contributed by atoms with Gasteiger partial charge in [0.1, 0.15) is 35.9 Å². The number of aliphatic imine (C=N–C) groups is 1. The van der Waals surface area contributed by atoms with Gasteiger partial charge in [0.15, 0.2) is 6.23 Å². The molecular formula is C11H16N4O5. The molecule has 0 radical (unpaired) electrons. The minimum absolute atomic E-state index is 0.187. The molecule has 0 amide bonds. The van der Waals surface area contributed by atoms with Crippen molar-refractivity contribution in [3.05, 3.63) is 12.0 Å². The SMILES string of the molecule is OC[C@@H]1O[C@H](n2cnc3c2NC=NC[C@H]3O)[C@@H](O)[C@H]1O. The van der Waals surface area contributed by atoms with Crippen molar-refractivity contribution in [2.45, 2.75) is 30.6 Å². The van der Waals surface area contributed by atoms with Gasteiger partial charge >= 0.3 is 0 Å². The summed E-state index contributed by atoms with van der Waals surface area (Å²) < 4.78 is 6.90. The normalized spacial score (nSPS) is 36.5. The van der Waals surface area contributed by atoms with E-state index in [1.54, 1.807) is 0 Å². The van der Waals surface area contributed by atoms with Crippen molar-refractivity contribution in [3.63, 3.8) is 0 Å². The number of aromatic nitrogens is 2. The van der Waals surface area contributed by atoms with Gasteiger partial charge in [0.25, 0.3) is 0 Å². The van der Waals surface area contributed by atoms with Gasteiger partial charge < -0.3 is 30.5 Å². The van der Waals surface area contributed by atoms with Gasteiger partial charge in [-0.05, 0) is 0 Å². The van der Waals surface area contributed by atoms with Gasteiger partial charge in [-0.1, -0.05) is 0 Å². The molecule has 2 aliphatic heterocycles. The maximum atomic E-state index is 10.0. The molecule has 0 bridgehead atoms. The number of ether oxygens (including phenoxy) is 1. The first-order valence-electron chi connectivity index (χ1n) is 6.25. The monoisotopic (exact) mass is 284 g/mol. The molecule has 1 aromatic rings. The fraction of sp³-hybridized carbons (Fsp3) is 0.636. The van der Waals surface area contributed by atoms with Gasteiger partial charge in [-0.25, -0.2) is 4.98 Å². The molecule has 3 rings (SSSR count). The summed E-state index contributed by atoms with van der Waals surface area (Å²) in [5.74, 6) is 0.439. The molecule has 1 fully saturated rings. The summed E-state index contributed by atoms with van der Waals surface area (Å²) in [7, 11) is 0. The molecule has 0 aliphatic carbocycles. The van der Waals surface area contributed by atoms with E-state index < -0.39 is 37.3 Å². The highest BCUT2D eigenvalue weighted by atomic mass is 16.6. The molecule has 0 aromatic carbocycles. The van der Waals surface area contributed by atoms with Gasteiger partial charge in [0.2, 0.25) is 0 Å². The highest BCUT2D eigenvalue weighted by Gasteiger charge is 2.44. The largest absolute Gasteiger partial charge is 0.394 e. The maximum Gasteiger partial charge on any atom is 0.165 e. The van der Waals surface area contributed by atoms with Crippen molar-refractivity contribution in [3.8, 4) is 0 Å². The lowest BCUT2D eigenvalue weighted by Crippen LogP contribution is -2.33. The lowest BCUT2D eigenvalue weighted by atomic mass is 10.1. The number of nitrogens with one attached hydrogen (secondary N) is 1. The van der Waals surface area contributed by atoms with Crippen LogP contribution >= 0.6 is 0 Å². The van der Waals surface area contributed by atoms with E-state index >= 15 is 0 Å². The van der Waals surface area contributed by atoms with Crippen molar-refractivity contribution in [2.24, 2.45) is 4.99 Å². The predicted molar refractivity (Wildman–Crippen MR) is 67.2 cm³/mol. The van der Waals surface area contributed by atoms with Crippen LogP contribution in [0.3, 0.4) is 0 Å². The Morgan fingerprint density at radius 2 is 2.15 bits per heavy atom.